The van der Waals surface area contributed by atoms with Crippen molar-refractivity contribution in [3.63, 3.8) is 0 Å². The molecule has 0 saturated carbocycles. The molecule has 0 atom stereocenters. The summed E-state index contributed by atoms with van der Waals surface area (Å²) in [5, 5.41) is 12.9. The minimum absolute atomic E-state index is 0. The molecule has 0 aliphatic carbocycles. The number of aromatic nitrogens is 2. The van der Waals surface area contributed by atoms with Crippen LogP contribution >= 0.6 is 11.8 Å². The summed E-state index contributed by atoms with van der Waals surface area (Å²) in [4.78, 5) is 28.8. The van der Waals surface area contributed by atoms with Gasteiger partial charge in [-0.15, -0.1) is 11.8 Å². The summed E-state index contributed by atoms with van der Waals surface area (Å²) in [6.45, 7) is 4.37. The number of amides is 2. The van der Waals surface area contributed by atoms with E-state index in [1.54, 1.807) is 47.2 Å². The van der Waals surface area contributed by atoms with Crippen molar-refractivity contribution in [1.29, 1.82) is 0 Å². The summed E-state index contributed by atoms with van der Waals surface area (Å²) in [6.07, 6.45) is 4.80. The van der Waals surface area contributed by atoms with Crippen LogP contribution in [0.5, 0.6) is 0 Å². The maximum atomic E-state index is 13.3. The van der Waals surface area contributed by atoms with Crippen LogP contribution in [0.25, 0.3) is 11.1 Å². The second-order valence-electron chi connectivity index (χ2n) is 8.44. The van der Waals surface area contributed by atoms with Crippen molar-refractivity contribution in [2.24, 2.45) is 0 Å². The molecule has 9 nitrogen and oxygen atoms in total. The van der Waals surface area contributed by atoms with Gasteiger partial charge in [-0.25, -0.2) is 27.7 Å². The zero-order chi connectivity index (χ0) is 27.0. The molecule has 3 aromatic rings. The van der Waals surface area contributed by atoms with E-state index in [-0.39, 0.29) is 120 Å². The minimum Gasteiger partial charge on any atom is -0.476 e. The van der Waals surface area contributed by atoms with Crippen molar-refractivity contribution in [2.75, 3.05) is 12.8 Å². The smallest absolute Gasteiger partial charge is 0.355 e. The number of carboxylic acids is 1. The number of urea groups is 1. The number of hydrogen-bond donors (Lipinski definition) is 3. The molecule has 39 heavy (non-hydrogen) atoms. The number of aromatic carboxylic acids is 1. The van der Waals surface area contributed by atoms with Crippen LogP contribution in [0.1, 0.15) is 55.0 Å². The van der Waals surface area contributed by atoms with E-state index in [4.69, 9.17) is 0 Å². The van der Waals surface area contributed by atoms with Gasteiger partial charge in [-0.2, -0.15) is 0 Å². The average molecular weight is 623 g/mol. The van der Waals surface area contributed by atoms with Crippen LogP contribution < -0.4 is 10.0 Å². The van der Waals surface area contributed by atoms with Gasteiger partial charge in [-0.1, -0.05) is 62.7 Å². The third-order valence-electron chi connectivity index (χ3n) is 5.69. The topological polar surface area (TPSA) is 130 Å². The SMILES string of the molecule is CCCCc1nc(SC)c(C(=O)O)n1Cc1ccc(-c2ccccc2)c(S(=O)(=O)NC(=O)NCCC)c1.[K].[K]. The predicted octanol–water partition coefficient (Wildman–Crippen LogP) is 4.00. The Kier molecular flexibility index (Phi) is 16.9. The monoisotopic (exact) mass is 622 g/mol. The molecule has 13 heteroatoms. The Labute approximate surface area is 319 Å². The molecule has 0 aliphatic heterocycles. The fourth-order valence-electron chi connectivity index (χ4n) is 3.90. The molecule has 1 aromatic heterocycles. The van der Waals surface area contributed by atoms with Crippen LogP contribution in [0.15, 0.2) is 58.5 Å². The summed E-state index contributed by atoms with van der Waals surface area (Å²) >= 11 is 1.26. The van der Waals surface area contributed by atoms with Crippen molar-refractivity contribution < 1.29 is 23.1 Å². The molecular weight excluding hydrogens is 591 g/mol. The van der Waals surface area contributed by atoms with Gasteiger partial charge in [-0.05, 0) is 36.3 Å². The molecule has 0 saturated heterocycles. The van der Waals surface area contributed by atoms with Crippen molar-refractivity contribution in [2.45, 2.75) is 56.0 Å². The fourth-order valence-corrected chi connectivity index (χ4v) is 5.69. The van der Waals surface area contributed by atoms with Crippen molar-refractivity contribution in [1.82, 2.24) is 19.6 Å². The number of nitrogens with one attached hydrogen (secondary N) is 2. The molecule has 0 fully saturated rings. The van der Waals surface area contributed by atoms with E-state index in [0.29, 0.717) is 46.9 Å². The van der Waals surface area contributed by atoms with E-state index in [1.165, 1.54) is 17.8 Å². The number of carboxylic acid groups (broad SMARTS) is 1. The first-order valence-electron chi connectivity index (χ1n) is 12.1. The number of unbranched alkanes of at least 4 members (excludes halogenated alkanes) is 1. The number of sulfonamides is 1. The van der Waals surface area contributed by atoms with Gasteiger partial charge in [0.05, 0.1) is 4.90 Å². The second-order valence-corrected chi connectivity index (χ2v) is 10.9. The Hall–Kier alpha value is -0.0373. The molecule has 2 aromatic carbocycles. The number of carbonyl (C=O) groups excluding carboxylic acids is 1. The maximum Gasteiger partial charge on any atom is 0.355 e. The summed E-state index contributed by atoms with van der Waals surface area (Å²) in [5.74, 6) is -0.458. The van der Waals surface area contributed by atoms with E-state index >= 15 is 0 Å². The van der Waals surface area contributed by atoms with Crippen LogP contribution in [0, 0.1) is 0 Å². The predicted molar refractivity (Wildman–Crippen MR) is 156 cm³/mol. The van der Waals surface area contributed by atoms with Gasteiger partial charge in [0.2, 0.25) is 0 Å². The minimum atomic E-state index is -4.24. The number of benzene rings is 2. The van der Waals surface area contributed by atoms with Crippen LogP contribution in [0.2, 0.25) is 0 Å². The number of thioether (sulfide) groups is 1. The van der Waals surface area contributed by atoms with Crippen LogP contribution in [-0.2, 0) is 23.0 Å². The largest absolute Gasteiger partial charge is 0.476 e. The molecule has 0 spiro atoms. The summed E-state index contributed by atoms with van der Waals surface area (Å²) in [6, 6.07) is 13.1. The zero-order valence-electron chi connectivity index (χ0n) is 23.2. The molecule has 1 heterocycles. The van der Waals surface area contributed by atoms with Gasteiger partial charge >= 0.3 is 12.0 Å². The average Bonchev–Trinajstić information content (AvgIpc) is 3.23. The Morgan fingerprint density at radius 2 is 1.74 bits per heavy atom. The van der Waals surface area contributed by atoms with Gasteiger partial charge in [0.25, 0.3) is 10.0 Å². The van der Waals surface area contributed by atoms with Crippen molar-refractivity contribution in [3.8, 4) is 11.1 Å². The van der Waals surface area contributed by atoms with Gasteiger partial charge in [0, 0.05) is 128 Å². The Balaban J connectivity index is 0.00000380. The van der Waals surface area contributed by atoms with Gasteiger partial charge in [-0.3, -0.25) is 0 Å². The first-order valence-corrected chi connectivity index (χ1v) is 14.8. The quantitative estimate of drug-likeness (QED) is 0.206. The maximum absolute atomic E-state index is 13.3. The molecule has 0 aliphatic rings. The van der Waals surface area contributed by atoms with E-state index in [0.717, 1.165) is 12.8 Å². The molecule has 0 bridgehead atoms. The third kappa shape index (κ3) is 10.0. The van der Waals surface area contributed by atoms with Crippen LogP contribution in [0.3, 0.4) is 0 Å². The number of carbonyl (C=O) groups is 2. The Morgan fingerprint density at radius 1 is 1.05 bits per heavy atom. The molecule has 3 rings (SSSR count). The van der Waals surface area contributed by atoms with E-state index < -0.39 is 22.0 Å². The van der Waals surface area contributed by atoms with Crippen molar-refractivity contribution >= 4 is 137 Å². The van der Waals surface area contributed by atoms with Gasteiger partial charge in [0.1, 0.15) is 10.9 Å². The standard InChI is InChI=1S/C26H32N4O5S2.2K/c1-4-6-12-22-28-24(36-3)23(25(31)32)30(22)17-18-13-14-20(19-10-8-7-9-11-19)21(16-18)37(34,35)29-26(33)27-15-5-2;;/h7-11,13-14,16H,4-6,12,15,17H2,1-3H3,(H,31,32)(H2,27,29,33);;. The Bertz CT molecular complexity index is 1370. The third-order valence-corrected chi connectivity index (χ3v) is 7.73. The number of hydrogen-bond acceptors (Lipinski definition) is 6. The fraction of sp³-hybridized carbons (Fsp3) is 0.346. The summed E-state index contributed by atoms with van der Waals surface area (Å²) < 4.78 is 30.4. The van der Waals surface area contributed by atoms with Gasteiger partial charge in [0.15, 0.2) is 5.69 Å². The molecule has 3 N–H and O–H groups in total. The summed E-state index contributed by atoms with van der Waals surface area (Å²) in [5.41, 5.74) is 1.75. The molecular formula is C26H32K2N4O5S2. The molecule has 2 amide bonds. The number of imidazole rings is 1. The molecule has 0 unspecified atom stereocenters. The molecule has 200 valence electrons. The van der Waals surface area contributed by atoms with Crippen LogP contribution in [0.4, 0.5) is 4.79 Å². The number of nitrogens with zero attached hydrogens (tertiary/aromatic N) is 2. The molecule has 2 radical (unpaired) electrons. The zero-order valence-corrected chi connectivity index (χ0v) is 31.0. The van der Waals surface area contributed by atoms with Crippen molar-refractivity contribution in [3.05, 3.63) is 65.6 Å². The second kappa shape index (κ2) is 17.8. The normalized spacial score (nSPS) is 10.7. The Morgan fingerprint density at radius 3 is 2.33 bits per heavy atom. The van der Waals surface area contributed by atoms with E-state index in [2.05, 4.69) is 15.0 Å². The first kappa shape index (κ1) is 37.0. The first-order chi connectivity index (χ1) is 17.7. The number of aryl methyl sites for hydroxylation is 1. The number of rotatable bonds is 12. The summed E-state index contributed by atoms with van der Waals surface area (Å²) in [7, 11) is -4.24. The van der Waals surface area contributed by atoms with Gasteiger partial charge < -0.3 is 15.0 Å². The van der Waals surface area contributed by atoms with Crippen LogP contribution in [-0.4, -0.2) is 151 Å². The van der Waals surface area contributed by atoms with E-state index in [1.807, 2.05) is 19.9 Å². The van der Waals surface area contributed by atoms with E-state index in [9.17, 15) is 23.1 Å².